The van der Waals surface area contributed by atoms with Crippen LogP contribution < -0.4 is 14.2 Å². The molecule has 0 radical (unpaired) electrons. The Kier molecular flexibility index (Phi) is 4.25. The standard InChI is InChI=1S/C17H16N2O4/c1-21-15-7-13-14(8-16(15)22-2)18-10-19-17(13)23-12-5-3-11(9-20)4-6-12/h3-8,10,20H,9H2,1-2H3. The zero-order valence-electron chi connectivity index (χ0n) is 12.8. The molecule has 0 aliphatic carbocycles. The molecular formula is C17H16N2O4. The van der Waals surface area contributed by atoms with E-state index < -0.39 is 0 Å². The Labute approximate surface area is 133 Å². The normalized spacial score (nSPS) is 10.6. The van der Waals surface area contributed by atoms with Gasteiger partial charge in [-0.1, -0.05) is 12.1 Å². The monoisotopic (exact) mass is 312 g/mol. The van der Waals surface area contributed by atoms with Gasteiger partial charge in [-0.25, -0.2) is 9.97 Å². The van der Waals surface area contributed by atoms with E-state index in [0.29, 0.717) is 28.6 Å². The third kappa shape index (κ3) is 3.02. The van der Waals surface area contributed by atoms with Crippen molar-refractivity contribution in [1.29, 1.82) is 0 Å². The average molecular weight is 312 g/mol. The Bertz CT molecular complexity index is 819. The first kappa shape index (κ1) is 15.1. The number of hydrogen-bond donors (Lipinski definition) is 1. The molecule has 1 heterocycles. The lowest BCUT2D eigenvalue weighted by Crippen LogP contribution is -1.95. The number of fused-ring (bicyclic) bond motifs is 1. The maximum atomic E-state index is 9.08. The third-order valence-electron chi connectivity index (χ3n) is 3.42. The van der Waals surface area contributed by atoms with Crippen molar-refractivity contribution >= 4 is 10.9 Å². The van der Waals surface area contributed by atoms with Crippen LogP contribution >= 0.6 is 0 Å². The second kappa shape index (κ2) is 6.50. The highest BCUT2D eigenvalue weighted by Crippen LogP contribution is 2.35. The number of nitrogens with zero attached hydrogens (tertiary/aromatic N) is 2. The van der Waals surface area contributed by atoms with Gasteiger partial charge in [0.25, 0.3) is 0 Å². The number of aliphatic hydroxyl groups is 1. The summed E-state index contributed by atoms with van der Waals surface area (Å²) in [6.45, 7) is -0.00624. The molecule has 6 nitrogen and oxygen atoms in total. The van der Waals surface area contributed by atoms with Crippen molar-refractivity contribution in [2.75, 3.05) is 14.2 Å². The van der Waals surface area contributed by atoms with Crippen LogP contribution in [0.4, 0.5) is 0 Å². The van der Waals surface area contributed by atoms with Crippen LogP contribution in [0.15, 0.2) is 42.7 Å². The van der Waals surface area contributed by atoms with E-state index in [1.807, 2.05) is 0 Å². The number of benzene rings is 2. The Morgan fingerprint density at radius 3 is 2.30 bits per heavy atom. The molecule has 0 atom stereocenters. The second-order valence-electron chi connectivity index (χ2n) is 4.81. The minimum absolute atomic E-state index is 0.00624. The van der Waals surface area contributed by atoms with Crippen molar-refractivity contribution in [3.63, 3.8) is 0 Å². The molecule has 0 unspecified atom stereocenters. The Balaban J connectivity index is 2.02. The largest absolute Gasteiger partial charge is 0.493 e. The molecular weight excluding hydrogens is 296 g/mol. The van der Waals surface area contributed by atoms with E-state index in [0.717, 1.165) is 10.9 Å². The van der Waals surface area contributed by atoms with Gasteiger partial charge in [0, 0.05) is 6.07 Å². The van der Waals surface area contributed by atoms with Gasteiger partial charge in [0.15, 0.2) is 11.5 Å². The van der Waals surface area contributed by atoms with Gasteiger partial charge in [-0.15, -0.1) is 0 Å². The van der Waals surface area contributed by atoms with E-state index >= 15 is 0 Å². The van der Waals surface area contributed by atoms with Crippen LogP contribution in [0.2, 0.25) is 0 Å². The van der Waals surface area contributed by atoms with Crippen molar-refractivity contribution < 1.29 is 19.3 Å². The van der Waals surface area contributed by atoms with E-state index in [9.17, 15) is 0 Å². The van der Waals surface area contributed by atoms with Gasteiger partial charge >= 0.3 is 0 Å². The van der Waals surface area contributed by atoms with Crippen molar-refractivity contribution in [3.8, 4) is 23.1 Å². The third-order valence-corrected chi connectivity index (χ3v) is 3.42. The predicted molar refractivity (Wildman–Crippen MR) is 85.1 cm³/mol. The number of rotatable bonds is 5. The van der Waals surface area contributed by atoms with Crippen molar-refractivity contribution in [3.05, 3.63) is 48.3 Å². The van der Waals surface area contributed by atoms with Crippen LogP contribution in [0.5, 0.6) is 23.1 Å². The highest BCUT2D eigenvalue weighted by Gasteiger charge is 2.12. The lowest BCUT2D eigenvalue weighted by Gasteiger charge is -2.11. The van der Waals surface area contributed by atoms with E-state index in [1.54, 1.807) is 50.6 Å². The van der Waals surface area contributed by atoms with Gasteiger partial charge in [-0.3, -0.25) is 0 Å². The molecule has 1 aromatic heterocycles. The number of methoxy groups -OCH3 is 2. The Morgan fingerprint density at radius 2 is 1.65 bits per heavy atom. The first-order valence-electron chi connectivity index (χ1n) is 6.99. The van der Waals surface area contributed by atoms with Crippen LogP contribution in [-0.4, -0.2) is 29.3 Å². The van der Waals surface area contributed by atoms with Crippen LogP contribution in [0.25, 0.3) is 10.9 Å². The quantitative estimate of drug-likeness (QED) is 0.781. The lowest BCUT2D eigenvalue weighted by molar-refractivity contribution is 0.281. The fourth-order valence-corrected chi connectivity index (χ4v) is 2.22. The molecule has 0 saturated heterocycles. The highest BCUT2D eigenvalue weighted by atomic mass is 16.5. The number of ether oxygens (including phenoxy) is 3. The molecule has 0 bridgehead atoms. The average Bonchev–Trinajstić information content (AvgIpc) is 2.61. The fourth-order valence-electron chi connectivity index (χ4n) is 2.22. The summed E-state index contributed by atoms with van der Waals surface area (Å²) in [5.74, 6) is 2.22. The summed E-state index contributed by atoms with van der Waals surface area (Å²) in [4.78, 5) is 8.43. The minimum atomic E-state index is -0.00624. The highest BCUT2D eigenvalue weighted by molar-refractivity contribution is 5.86. The summed E-state index contributed by atoms with van der Waals surface area (Å²) in [6, 6.07) is 10.7. The molecule has 3 rings (SSSR count). The zero-order valence-corrected chi connectivity index (χ0v) is 12.8. The van der Waals surface area contributed by atoms with E-state index in [2.05, 4.69) is 9.97 Å². The molecule has 0 spiro atoms. The zero-order chi connectivity index (χ0) is 16.2. The lowest BCUT2D eigenvalue weighted by atomic mass is 10.2. The van der Waals surface area contributed by atoms with Gasteiger partial charge in [-0.2, -0.15) is 0 Å². The molecule has 1 N–H and O–H groups in total. The van der Waals surface area contributed by atoms with Crippen LogP contribution in [0, 0.1) is 0 Å². The smallest absolute Gasteiger partial charge is 0.230 e. The molecule has 0 saturated carbocycles. The van der Waals surface area contributed by atoms with Crippen molar-refractivity contribution in [2.45, 2.75) is 6.61 Å². The number of hydrogen-bond acceptors (Lipinski definition) is 6. The molecule has 0 fully saturated rings. The summed E-state index contributed by atoms with van der Waals surface area (Å²) in [5, 5.41) is 9.80. The van der Waals surface area contributed by atoms with Crippen molar-refractivity contribution in [2.24, 2.45) is 0 Å². The predicted octanol–water partition coefficient (Wildman–Crippen LogP) is 2.93. The number of aliphatic hydroxyl groups excluding tert-OH is 1. The summed E-state index contributed by atoms with van der Waals surface area (Å²) in [7, 11) is 3.15. The molecule has 0 aliphatic rings. The summed E-state index contributed by atoms with van der Waals surface area (Å²) >= 11 is 0. The molecule has 118 valence electrons. The molecule has 6 heteroatoms. The minimum Gasteiger partial charge on any atom is -0.493 e. The fraction of sp³-hybridized carbons (Fsp3) is 0.176. The summed E-state index contributed by atoms with van der Waals surface area (Å²) in [5.41, 5.74) is 1.51. The van der Waals surface area contributed by atoms with E-state index in [-0.39, 0.29) is 6.61 Å². The topological polar surface area (TPSA) is 73.7 Å². The van der Waals surface area contributed by atoms with Gasteiger partial charge in [-0.05, 0) is 23.8 Å². The molecule has 2 aromatic carbocycles. The second-order valence-corrected chi connectivity index (χ2v) is 4.81. The van der Waals surface area contributed by atoms with Crippen LogP contribution in [0.3, 0.4) is 0 Å². The molecule has 0 amide bonds. The Hall–Kier alpha value is -2.86. The van der Waals surface area contributed by atoms with E-state index in [4.69, 9.17) is 19.3 Å². The molecule has 3 aromatic rings. The van der Waals surface area contributed by atoms with Gasteiger partial charge < -0.3 is 19.3 Å². The van der Waals surface area contributed by atoms with E-state index in [1.165, 1.54) is 6.33 Å². The summed E-state index contributed by atoms with van der Waals surface area (Å²) in [6.07, 6.45) is 1.44. The summed E-state index contributed by atoms with van der Waals surface area (Å²) < 4.78 is 16.4. The maximum Gasteiger partial charge on any atom is 0.230 e. The molecule has 0 aliphatic heterocycles. The maximum absolute atomic E-state index is 9.08. The van der Waals surface area contributed by atoms with Crippen LogP contribution in [0.1, 0.15) is 5.56 Å². The number of aromatic nitrogens is 2. The van der Waals surface area contributed by atoms with Crippen LogP contribution in [-0.2, 0) is 6.61 Å². The van der Waals surface area contributed by atoms with Gasteiger partial charge in [0.2, 0.25) is 5.88 Å². The molecule has 23 heavy (non-hydrogen) atoms. The first-order chi connectivity index (χ1) is 11.2. The van der Waals surface area contributed by atoms with Crippen molar-refractivity contribution in [1.82, 2.24) is 9.97 Å². The Morgan fingerprint density at radius 1 is 0.957 bits per heavy atom. The van der Waals surface area contributed by atoms with Gasteiger partial charge in [0.1, 0.15) is 12.1 Å². The SMILES string of the molecule is COc1cc2ncnc(Oc3ccc(CO)cc3)c2cc1OC. The van der Waals surface area contributed by atoms with Gasteiger partial charge in [0.05, 0.1) is 31.7 Å². The first-order valence-corrected chi connectivity index (χ1v) is 6.99.